The number of nitrogens with one attached hydrogen (secondary N) is 1. The highest BCUT2D eigenvalue weighted by atomic mass is 35.5. The van der Waals surface area contributed by atoms with Crippen molar-refractivity contribution in [1.82, 2.24) is 30.7 Å². The van der Waals surface area contributed by atoms with Gasteiger partial charge in [-0.15, -0.1) is 16.9 Å². The van der Waals surface area contributed by atoms with Crippen LogP contribution in [0.1, 0.15) is 28.7 Å². The zero-order valence-electron chi connectivity index (χ0n) is 17.1. The normalized spacial score (nSPS) is 11.5. The van der Waals surface area contributed by atoms with E-state index in [-0.39, 0.29) is 17.3 Å². The maximum atomic E-state index is 12.9. The fourth-order valence-corrected chi connectivity index (χ4v) is 4.27. The van der Waals surface area contributed by atoms with Crippen LogP contribution in [0, 0.1) is 0 Å². The highest BCUT2D eigenvalue weighted by molar-refractivity contribution is 7.98. The van der Waals surface area contributed by atoms with Crippen molar-refractivity contribution in [3.05, 3.63) is 75.5 Å². The summed E-state index contributed by atoms with van der Waals surface area (Å²) in [4.78, 5) is 13.9. The fraction of sp³-hybridized carbons (Fsp3) is 0.100. The van der Waals surface area contributed by atoms with Gasteiger partial charge in [0.2, 0.25) is 11.6 Å². The summed E-state index contributed by atoms with van der Waals surface area (Å²) in [6.45, 7) is 1.71. The Morgan fingerprint density at radius 1 is 1.21 bits per heavy atom. The van der Waals surface area contributed by atoms with Gasteiger partial charge in [-0.05, 0) is 41.5 Å². The molecule has 4 rings (SSSR count). The van der Waals surface area contributed by atoms with E-state index in [4.69, 9.17) is 28.9 Å². The number of hydrogen-bond acceptors (Lipinski definition) is 9. The van der Waals surface area contributed by atoms with Crippen LogP contribution in [-0.2, 0) is 5.75 Å². The van der Waals surface area contributed by atoms with Gasteiger partial charge in [0.15, 0.2) is 5.69 Å². The molecule has 33 heavy (non-hydrogen) atoms. The number of hydrazone groups is 1. The maximum absolute atomic E-state index is 12.9. The number of nitrogens with two attached hydrogens (primary N) is 1. The van der Waals surface area contributed by atoms with Gasteiger partial charge in [-0.2, -0.15) is 9.78 Å². The van der Waals surface area contributed by atoms with Crippen molar-refractivity contribution in [2.24, 2.45) is 5.10 Å². The molecule has 0 saturated carbocycles. The molecular formula is C20H16Cl2N8O2S. The van der Waals surface area contributed by atoms with Crippen LogP contribution >= 0.6 is 35.0 Å². The maximum Gasteiger partial charge on any atom is 0.293 e. The number of hydrogen-bond donors (Lipinski definition) is 2. The SMILES string of the molecule is C/C(=N/NC(=O)c1nnn(-c2nonc2N)c1CSc1ccccc1)c1ccc(Cl)cc1Cl. The number of carbonyl (C=O) groups is 1. The summed E-state index contributed by atoms with van der Waals surface area (Å²) in [5.41, 5.74) is 9.93. The van der Waals surface area contributed by atoms with Gasteiger partial charge in [0, 0.05) is 21.2 Å². The largest absolute Gasteiger partial charge is 0.378 e. The summed E-state index contributed by atoms with van der Waals surface area (Å²) < 4.78 is 5.99. The van der Waals surface area contributed by atoms with E-state index in [9.17, 15) is 4.79 Å². The van der Waals surface area contributed by atoms with Gasteiger partial charge in [0.25, 0.3) is 5.91 Å². The van der Waals surface area contributed by atoms with E-state index < -0.39 is 5.91 Å². The predicted octanol–water partition coefficient (Wildman–Crippen LogP) is 3.99. The predicted molar refractivity (Wildman–Crippen MR) is 126 cm³/mol. The molecule has 0 aliphatic rings. The molecule has 4 aromatic rings. The Hall–Kier alpha value is -3.41. The second-order valence-electron chi connectivity index (χ2n) is 6.63. The zero-order valence-corrected chi connectivity index (χ0v) is 19.4. The van der Waals surface area contributed by atoms with E-state index in [1.54, 1.807) is 25.1 Å². The van der Waals surface area contributed by atoms with E-state index in [1.807, 2.05) is 30.3 Å². The van der Waals surface area contributed by atoms with Crippen LogP contribution in [0.5, 0.6) is 0 Å². The lowest BCUT2D eigenvalue weighted by Crippen LogP contribution is -2.21. The zero-order chi connectivity index (χ0) is 23.4. The first-order valence-corrected chi connectivity index (χ1v) is 11.2. The molecular weight excluding hydrogens is 487 g/mol. The van der Waals surface area contributed by atoms with Gasteiger partial charge in [0.1, 0.15) is 0 Å². The number of nitrogens with zero attached hydrogens (tertiary/aromatic N) is 6. The smallest absolute Gasteiger partial charge is 0.293 e. The van der Waals surface area contributed by atoms with Crippen molar-refractivity contribution in [1.29, 1.82) is 0 Å². The van der Waals surface area contributed by atoms with E-state index >= 15 is 0 Å². The Balaban J connectivity index is 1.61. The molecule has 2 heterocycles. The van der Waals surface area contributed by atoms with Gasteiger partial charge in [0.05, 0.1) is 16.4 Å². The molecule has 0 saturated heterocycles. The highest BCUT2D eigenvalue weighted by Crippen LogP contribution is 2.26. The molecule has 0 atom stereocenters. The minimum Gasteiger partial charge on any atom is -0.378 e. The lowest BCUT2D eigenvalue weighted by Gasteiger charge is -2.07. The number of nitrogen functional groups attached to an aromatic ring is 1. The summed E-state index contributed by atoms with van der Waals surface area (Å²) in [6.07, 6.45) is 0. The molecule has 10 nitrogen and oxygen atoms in total. The first-order valence-electron chi connectivity index (χ1n) is 9.45. The van der Waals surface area contributed by atoms with Crippen LogP contribution in [0.15, 0.2) is 63.2 Å². The van der Waals surface area contributed by atoms with Gasteiger partial charge in [-0.25, -0.2) is 10.1 Å². The third kappa shape index (κ3) is 5.16. The molecule has 3 N–H and O–H groups in total. The second kappa shape index (κ2) is 10.0. The Bertz CT molecular complexity index is 1320. The first kappa shape index (κ1) is 22.8. The number of thioether (sulfide) groups is 1. The summed E-state index contributed by atoms with van der Waals surface area (Å²) >= 11 is 13.6. The van der Waals surface area contributed by atoms with Gasteiger partial charge < -0.3 is 5.73 Å². The van der Waals surface area contributed by atoms with Crippen LogP contribution in [-0.4, -0.2) is 36.9 Å². The molecule has 0 bridgehead atoms. The number of carbonyl (C=O) groups excluding carboxylic acids is 1. The first-order chi connectivity index (χ1) is 15.9. The van der Waals surface area contributed by atoms with E-state index in [0.717, 1.165) is 4.90 Å². The van der Waals surface area contributed by atoms with E-state index in [2.05, 4.69) is 35.8 Å². The lowest BCUT2D eigenvalue weighted by molar-refractivity contribution is 0.0949. The molecule has 1 amide bonds. The number of halogens is 2. The second-order valence-corrected chi connectivity index (χ2v) is 8.53. The number of rotatable bonds is 7. The fourth-order valence-electron chi connectivity index (χ4n) is 2.81. The van der Waals surface area contributed by atoms with Gasteiger partial charge >= 0.3 is 0 Å². The third-order valence-electron chi connectivity index (χ3n) is 4.44. The molecule has 2 aromatic heterocycles. The summed E-state index contributed by atoms with van der Waals surface area (Å²) in [5.74, 6) is -0.0658. The van der Waals surface area contributed by atoms with Crippen LogP contribution < -0.4 is 11.2 Å². The van der Waals surface area contributed by atoms with Crippen LogP contribution in [0.2, 0.25) is 10.0 Å². The minimum atomic E-state index is -0.565. The van der Waals surface area contributed by atoms with Gasteiger partial charge in [-0.3, -0.25) is 4.79 Å². The molecule has 0 aliphatic carbocycles. The average molecular weight is 503 g/mol. The monoisotopic (exact) mass is 502 g/mol. The highest BCUT2D eigenvalue weighted by Gasteiger charge is 2.24. The average Bonchev–Trinajstić information content (AvgIpc) is 3.42. The van der Waals surface area contributed by atoms with Crippen molar-refractivity contribution in [3.63, 3.8) is 0 Å². The van der Waals surface area contributed by atoms with Crippen molar-refractivity contribution in [2.45, 2.75) is 17.6 Å². The number of anilines is 1. The van der Waals surface area contributed by atoms with Crippen LogP contribution in [0.25, 0.3) is 5.82 Å². The number of amides is 1. The van der Waals surface area contributed by atoms with Crippen LogP contribution in [0.4, 0.5) is 5.82 Å². The molecule has 0 spiro atoms. The standard InChI is InChI=1S/C20H16Cl2N8O2S/c1-11(14-8-7-12(21)9-15(14)22)24-26-20(31)17-16(10-33-13-5-3-2-4-6-13)30(29-25-17)19-18(23)27-32-28-19/h2-9H,10H2,1H3,(H2,23,27)(H,26,31)/b24-11-. The van der Waals surface area contributed by atoms with Crippen LogP contribution in [0.3, 0.4) is 0 Å². The van der Waals surface area contributed by atoms with E-state index in [1.165, 1.54) is 16.4 Å². The summed E-state index contributed by atoms with van der Waals surface area (Å²) in [7, 11) is 0. The lowest BCUT2D eigenvalue weighted by atomic mass is 10.1. The third-order valence-corrected chi connectivity index (χ3v) is 6.01. The molecule has 0 radical (unpaired) electrons. The van der Waals surface area contributed by atoms with Crippen molar-refractivity contribution >= 4 is 52.4 Å². The van der Waals surface area contributed by atoms with E-state index in [0.29, 0.717) is 32.8 Å². The Morgan fingerprint density at radius 3 is 2.70 bits per heavy atom. The minimum absolute atomic E-state index is 0.0177. The molecule has 0 aliphatic heterocycles. The van der Waals surface area contributed by atoms with Crippen molar-refractivity contribution in [2.75, 3.05) is 5.73 Å². The van der Waals surface area contributed by atoms with Gasteiger partial charge in [-0.1, -0.05) is 52.7 Å². The van der Waals surface area contributed by atoms with Crippen molar-refractivity contribution in [3.8, 4) is 5.82 Å². The molecule has 2 aromatic carbocycles. The Morgan fingerprint density at radius 2 is 2.00 bits per heavy atom. The Kier molecular flexibility index (Phi) is 6.92. The number of aromatic nitrogens is 5. The molecule has 168 valence electrons. The topological polar surface area (TPSA) is 137 Å². The quantitative estimate of drug-likeness (QED) is 0.220. The molecule has 0 fully saturated rings. The Labute approximate surface area is 202 Å². The molecule has 0 unspecified atom stereocenters. The number of benzene rings is 2. The summed E-state index contributed by atoms with van der Waals surface area (Å²) in [6, 6.07) is 14.7. The summed E-state index contributed by atoms with van der Waals surface area (Å²) in [5, 5.41) is 20.4. The van der Waals surface area contributed by atoms with Crippen molar-refractivity contribution < 1.29 is 9.42 Å². The molecule has 13 heteroatoms.